The van der Waals surface area contributed by atoms with Gasteiger partial charge in [-0.3, -0.25) is 9.59 Å². The van der Waals surface area contributed by atoms with Gasteiger partial charge >= 0.3 is 5.97 Å². The van der Waals surface area contributed by atoms with Crippen LogP contribution in [0.4, 0.5) is 0 Å². The number of hydrogen-bond donors (Lipinski definition) is 1. The summed E-state index contributed by atoms with van der Waals surface area (Å²) in [6, 6.07) is 7.26. The van der Waals surface area contributed by atoms with Crippen molar-refractivity contribution in [1.82, 2.24) is 15.2 Å². The number of rotatable bonds is 10. The Morgan fingerprint density at radius 3 is 2.68 bits per heavy atom. The smallest absolute Gasteiger partial charge is 0.314 e. The molecule has 1 aromatic heterocycles. The second kappa shape index (κ2) is 11.1. The molecule has 8 nitrogen and oxygen atoms in total. The maximum atomic E-state index is 13.8. The second-order valence-electron chi connectivity index (χ2n) is 9.35. The van der Waals surface area contributed by atoms with Crippen molar-refractivity contribution >= 4 is 22.8 Å². The number of nitrogens with zero attached hydrogens (tertiary/aromatic N) is 2. The first-order chi connectivity index (χ1) is 16.5. The van der Waals surface area contributed by atoms with E-state index in [9.17, 15) is 9.59 Å². The summed E-state index contributed by atoms with van der Waals surface area (Å²) in [6.07, 6.45) is 4.41. The van der Waals surface area contributed by atoms with Gasteiger partial charge in [0.25, 0.3) is 5.91 Å². The summed E-state index contributed by atoms with van der Waals surface area (Å²) in [4.78, 5) is 32.8. The topological polar surface area (TPSA) is 90.0 Å². The third-order valence-corrected chi connectivity index (χ3v) is 6.31. The Labute approximate surface area is 200 Å². The predicted octanol–water partition coefficient (Wildman–Crippen LogP) is 3.57. The van der Waals surface area contributed by atoms with Crippen molar-refractivity contribution in [3.05, 3.63) is 30.0 Å². The molecule has 0 bridgehead atoms. The fourth-order valence-corrected chi connectivity index (χ4v) is 4.42. The van der Waals surface area contributed by atoms with E-state index in [2.05, 4.69) is 5.32 Å². The molecule has 2 heterocycles. The summed E-state index contributed by atoms with van der Waals surface area (Å²) in [5.41, 5.74) is 0.762. The number of nitrogens with one attached hydrogen (secondary N) is 1. The Hall–Kier alpha value is -2.71. The van der Waals surface area contributed by atoms with E-state index < -0.39 is 0 Å². The number of methoxy groups -OCH3 is 1. The molecular weight excluding hydrogens is 434 g/mol. The van der Waals surface area contributed by atoms with Gasteiger partial charge in [0.1, 0.15) is 17.0 Å². The van der Waals surface area contributed by atoms with Crippen LogP contribution in [0.3, 0.4) is 0 Å². The number of piperidine rings is 1. The Morgan fingerprint density at radius 2 is 2.00 bits per heavy atom. The predicted molar refractivity (Wildman–Crippen MR) is 129 cm³/mol. The van der Waals surface area contributed by atoms with Crippen LogP contribution in [0.25, 0.3) is 10.9 Å². The largest absolute Gasteiger partial charge is 0.493 e. The number of esters is 1. The molecule has 1 saturated heterocycles. The Bertz CT molecular complexity index is 1010. The van der Waals surface area contributed by atoms with Crippen LogP contribution >= 0.6 is 0 Å². The first-order valence-corrected chi connectivity index (χ1v) is 12.3. The molecule has 2 aliphatic rings. The van der Waals surface area contributed by atoms with Gasteiger partial charge in [-0.05, 0) is 58.2 Å². The van der Waals surface area contributed by atoms with Gasteiger partial charge in [0.05, 0.1) is 12.5 Å². The molecule has 0 spiro atoms. The van der Waals surface area contributed by atoms with Crippen molar-refractivity contribution in [3.8, 4) is 11.5 Å². The Kier molecular flexibility index (Phi) is 8.00. The van der Waals surface area contributed by atoms with Gasteiger partial charge < -0.3 is 24.4 Å². The zero-order chi connectivity index (χ0) is 24.1. The minimum absolute atomic E-state index is 0.0175. The highest BCUT2D eigenvalue weighted by Gasteiger charge is 2.33. The van der Waals surface area contributed by atoms with Crippen molar-refractivity contribution in [2.24, 2.45) is 5.92 Å². The van der Waals surface area contributed by atoms with Crippen LogP contribution in [-0.2, 0) is 9.53 Å². The second-order valence-corrected chi connectivity index (χ2v) is 9.35. The van der Waals surface area contributed by atoms with Gasteiger partial charge in [0.2, 0.25) is 0 Å². The number of aromatic nitrogens is 1. The van der Waals surface area contributed by atoms with Gasteiger partial charge in [0, 0.05) is 50.2 Å². The highest BCUT2D eigenvalue weighted by Crippen LogP contribution is 2.35. The number of carbonyl (C=O) groups is 2. The third kappa shape index (κ3) is 5.67. The van der Waals surface area contributed by atoms with E-state index in [1.165, 1.54) is 0 Å². The third-order valence-electron chi connectivity index (χ3n) is 6.31. The van der Waals surface area contributed by atoms with E-state index in [0.717, 1.165) is 38.8 Å². The lowest BCUT2D eigenvalue weighted by Gasteiger charge is -2.37. The van der Waals surface area contributed by atoms with Gasteiger partial charge in [-0.2, -0.15) is 0 Å². The summed E-state index contributed by atoms with van der Waals surface area (Å²) in [5, 5.41) is 4.11. The number of carbonyl (C=O) groups excluding carboxylic acids is 2. The van der Waals surface area contributed by atoms with Gasteiger partial charge in [0.15, 0.2) is 5.75 Å². The van der Waals surface area contributed by atoms with Crippen LogP contribution in [0.1, 0.15) is 56.4 Å². The maximum absolute atomic E-state index is 13.8. The van der Waals surface area contributed by atoms with E-state index in [0.29, 0.717) is 47.7 Å². The number of benzene rings is 1. The van der Waals surface area contributed by atoms with Crippen molar-refractivity contribution in [1.29, 1.82) is 0 Å². The van der Waals surface area contributed by atoms with Crippen LogP contribution in [0.2, 0.25) is 0 Å². The van der Waals surface area contributed by atoms with E-state index in [4.69, 9.17) is 19.2 Å². The molecular formula is C26H35N3O5. The maximum Gasteiger partial charge on any atom is 0.314 e. The number of pyridine rings is 1. The lowest BCUT2D eigenvalue weighted by Crippen LogP contribution is -2.51. The summed E-state index contributed by atoms with van der Waals surface area (Å²) in [7, 11) is 1.65. The van der Waals surface area contributed by atoms with Crippen LogP contribution in [0.5, 0.6) is 11.5 Å². The van der Waals surface area contributed by atoms with Gasteiger partial charge in [-0.25, -0.2) is 4.98 Å². The number of fused-ring (bicyclic) bond motifs is 1. The van der Waals surface area contributed by atoms with Crippen LogP contribution in [0.15, 0.2) is 24.3 Å². The molecule has 1 aromatic carbocycles. The molecule has 34 heavy (non-hydrogen) atoms. The fraction of sp³-hybridized carbons (Fsp3) is 0.577. The normalized spacial score (nSPS) is 18.2. The molecule has 0 unspecified atom stereocenters. The lowest BCUT2D eigenvalue weighted by molar-refractivity contribution is -0.135. The van der Waals surface area contributed by atoms with E-state index in [1.807, 2.05) is 30.9 Å². The lowest BCUT2D eigenvalue weighted by atomic mass is 10.0. The molecule has 1 N–H and O–H groups in total. The molecule has 1 aliphatic carbocycles. The van der Waals surface area contributed by atoms with Gasteiger partial charge in [-0.15, -0.1) is 0 Å². The molecule has 4 rings (SSSR count). The molecule has 8 heteroatoms. The number of hydrogen-bond acceptors (Lipinski definition) is 7. The molecule has 1 saturated carbocycles. The zero-order valence-corrected chi connectivity index (χ0v) is 20.3. The number of ether oxygens (including phenoxy) is 3. The molecule has 2 aromatic rings. The van der Waals surface area contributed by atoms with Gasteiger partial charge in [-0.1, -0.05) is 6.07 Å². The highest BCUT2D eigenvalue weighted by atomic mass is 16.5. The fourth-order valence-electron chi connectivity index (χ4n) is 4.42. The monoisotopic (exact) mass is 469 g/mol. The quantitative estimate of drug-likeness (QED) is 0.323. The van der Waals surface area contributed by atoms with Crippen molar-refractivity contribution in [2.45, 2.75) is 58.0 Å². The first-order valence-electron chi connectivity index (χ1n) is 12.3. The molecule has 2 fully saturated rings. The summed E-state index contributed by atoms with van der Waals surface area (Å²) in [5.74, 6) is 0.488. The molecule has 1 atom stereocenters. The van der Waals surface area contributed by atoms with Crippen LogP contribution in [-0.4, -0.2) is 67.3 Å². The molecule has 184 valence electrons. The zero-order valence-electron chi connectivity index (χ0n) is 20.3. The van der Waals surface area contributed by atoms with Crippen LogP contribution < -0.4 is 14.8 Å². The van der Waals surface area contributed by atoms with Crippen molar-refractivity contribution in [3.63, 3.8) is 0 Å². The Balaban J connectivity index is 1.71. The van der Waals surface area contributed by atoms with E-state index in [-0.39, 0.29) is 29.9 Å². The SMILES string of the molecule is COCCCOc1cc(C(=O)N(C(C)C)[C@@H]2CCCNC2)nc2c(OC(=O)C3CC3)cccc12. The minimum atomic E-state index is -0.245. The summed E-state index contributed by atoms with van der Waals surface area (Å²) >= 11 is 0. The molecule has 0 radical (unpaired) electrons. The Morgan fingerprint density at radius 1 is 1.18 bits per heavy atom. The first kappa shape index (κ1) is 24.4. The minimum Gasteiger partial charge on any atom is -0.493 e. The van der Waals surface area contributed by atoms with E-state index in [1.54, 1.807) is 19.2 Å². The average Bonchev–Trinajstić information content (AvgIpc) is 3.68. The van der Waals surface area contributed by atoms with E-state index >= 15 is 0 Å². The molecule has 1 aliphatic heterocycles. The molecule has 1 amide bonds. The highest BCUT2D eigenvalue weighted by molar-refractivity contribution is 5.99. The van der Waals surface area contributed by atoms with Crippen molar-refractivity contribution in [2.75, 3.05) is 33.4 Å². The number of amides is 1. The van der Waals surface area contributed by atoms with Crippen LogP contribution in [0, 0.1) is 5.92 Å². The average molecular weight is 470 g/mol. The number of para-hydroxylation sites is 1. The summed E-state index contributed by atoms with van der Waals surface area (Å²) in [6.45, 7) is 6.81. The van der Waals surface area contributed by atoms with Crippen molar-refractivity contribution < 1.29 is 23.8 Å². The standard InChI is InChI=1S/C26H35N3O5/c1-17(2)29(19-7-5-12-27-16-19)25(30)21-15-23(33-14-6-13-32-3)20-8-4-9-22(24(20)28-21)34-26(31)18-10-11-18/h4,8-9,15,17-19,27H,5-7,10-14,16H2,1-3H3/t19-/m1/s1. The summed E-state index contributed by atoms with van der Waals surface area (Å²) < 4.78 is 16.9.